The zero-order valence-corrected chi connectivity index (χ0v) is 15.0. The third-order valence-corrected chi connectivity index (χ3v) is 4.56. The molecule has 0 aliphatic heterocycles. The second-order valence-corrected chi connectivity index (χ2v) is 6.32. The van der Waals surface area contributed by atoms with Gasteiger partial charge in [-0.2, -0.15) is 0 Å². The van der Waals surface area contributed by atoms with Crippen molar-refractivity contribution >= 4 is 11.0 Å². The van der Waals surface area contributed by atoms with Gasteiger partial charge in [-0.15, -0.1) is 0 Å². The van der Waals surface area contributed by atoms with E-state index >= 15 is 0 Å². The minimum Gasteiger partial charge on any atom is -0.473 e. The van der Waals surface area contributed by atoms with Crippen LogP contribution < -0.4 is 4.74 Å². The quantitative estimate of drug-likeness (QED) is 0.524. The van der Waals surface area contributed by atoms with Gasteiger partial charge in [-0.1, -0.05) is 37.3 Å². The molecule has 4 heteroatoms. The molecule has 0 spiro atoms. The summed E-state index contributed by atoms with van der Waals surface area (Å²) in [7, 11) is 2.04. The third kappa shape index (κ3) is 3.18. The van der Waals surface area contributed by atoms with Gasteiger partial charge in [0.2, 0.25) is 5.88 Å². The van der Waals surface area contributed by atoms with E-state index in [0.717, 1.165) is 39.8 Å². The van der Waals surface area contributed by atoms with E-state index in [1.54, 1.807) is 6.20 Å². The summed E-state index contributed by atoms with van der Waals surface area (Å²) in [6.45, 7) is 2.64. The summed E-state index contributed by atoms with van der Waals surface area (Å²) < 4.78 is 7.98. The van der Waals surface area contributed by atoms with Crippen molar-refractivity contribution in [3.63, 3.8) is 0 Å². The van der Waals surface area contributed by atoms with Crippen molar-refractivity contribution < 1.29 is 4.74 Å². The largest absolute Gasteiger partial charge is 0.473 e. The number of fused-ring (bicyclic) bond motifs is 1. The SMILES string of the molecule is CCc1nc2ccn(C)c2cc1-c1ccnc(OCc2ccccc2)c1. The smallest absolute Gasteiger partial charge is 0.214 e. The highest BCUT2D eigenvalue weighted by Crippen LogP contribution is 2.29. The van der Waals surface area contributed by atoms with Gasteiger partial charge in [-0.3, -0.25) is 4.98 Å². The molecular formula is C22H21N3O. The highest BCUT2D eigenvalue weighted by molar-refractivity contribution is 5.83. The lowest BCUT2D eigenvalue weighted by molar-refractivity contribution is 0.294. The summed E-state index contributed by atoms with van der Waals surface area (Å²) in [5.74, 6) is 0.625. The first-order chi connectivity index (χ1) is 12.7. The van der Waals surface area contributed by atoms with Crippen LogP contribution >= 0.6 is 0 Å². The van der Waals surface area contributed by atoms with Crippen LogP contribution in [0.25, 0.3) is 22.2 Å². The lowest BCUT2D eigenvalue weighted by Crippen LogP contribution is -1.98. The van der Waals surface area contributed by atoms with Crippen molar-refractivity contribution in [2.45, 2.75) is 20.0 Å². The summed E-state index contributed by atoms with van der Waals surface area (Å²) in [5.41, 5.74) is 6.58. The van der Waals surface area contributed by atoms with Crippen molar-refractivity contribution in [2.24, 2.45) is 7.05 Å². The van der Waals surface area contributed by atoms with E-state index in [0.29, 0.717) is 12.5 Å². The van der Waals surface area contributed by atoms with Crippen molar-refractivity contribution in [1.29, 1.82) is 0 Å². The number of pyridine rings is 2. The Bertz CT molecular complexity index is 1040. The Morgan fingerprint density at radius 2 is 1.88 bits per heavy atom. The minimum atomic E-state index is 0.507. The maximum Gasteiger partial charge on any atom is 0.214 e. The molecule has 26 heavy (non-hydrogen) atoms. The fourth-order valence-corrected chi connectivity index (χ4v) is 3.13. The summed E-state index contributed by atoms with van der Waals surface area (Å²) >= 11 is 0. The number of hydrogen-bond donors (Lipinski definition) is 0. The average molecular weight is 343 g/mol. The van der Waals surface area contributed by atoms with E-state index in [4.69, 9.17) is 9.72 Å². The highest BCUT2D eigenvalue weighted by Gasteiger charge is 2.11. The van der Waals surface area contributed by atoms with Gasteiger partial charge >= 0.3 is 0 Å². The van der Waals surface area contributed by atoms with Crippen LogP contribution in [0.3, 0.4) is 0 Å². The number of benzene rings is 1. The van der Waals surface area contributed by atoms with Crippen LogP contribution in [-0.2, 0) is 20.1 Å². The van der Waals surface area contributed by atoms with E-state index in [1.807, 2.05) is 55.7 Å². The molecule has 0 fully saturated rings. The van der Waals surface area contributed by atoms with E-state index in [2.05, 4.69) is 28.6 Å². The normalized spacial score (nSPS) is 11.0. The Hall–Kier alpha value is -3.14. The molecule has 4 aromatic rings. The molecule has 0 radical (unpaired) electrons. The van der Waals surface area contributed by atoms with Gasteiger partial charge < -0.3 is 9.30 Å². The van der Waals surface area contributed by atoms with E-state index in [9.17, 15) is 0 Å². The predicted molar refractivity (Wildman–Crippen MR) is 104 cm³/mol. The highest BCUT2D eigenvalue weighted by atomic mass is 16.5. The maximum absolute atomic E-state index is 5.89. The molecule has 0 N–H and O–H groups in total. The van der Waals surface area contributed by atoms with Crippen molar-refractivity contribution in [2.75, 3.05) is 0 Å². The minimum absolute atomic E-state index is 0.507. The number of rotatable bonds is 5. The molecule has 0 saturated heterocycles. The molecule has 4 nitrogen and oxygen atoms in total. The van der Waals surface area contributed by atoms with Crippen LogP contribution in [0.15, 0.2) is 67.0 Å². The van der Waals surface area contributed by atoms with Crippen molar-refractivity contribution in [3.05, 3.63) is 78.2 Å². The van der Waals surface area contributed by atoms with Crippen LogP contribution in [0, 0.1) is 0 Å². The molecule has 0 saturated carbocycles. The fraction of sp³-hybridized carbons (Fsp3) is 0.182. The molecule has 0 amide bonds. The number of nitrogens with zero attached hydrogens (tertiary/aromatic N) is 3. The number of ether oxygens (including phenoxy) is 1. The van der Waals surface area contributed by atoms with Crippen molar-refractivity contribution in [3.8, 4) is 17.0 Å². The van der Waals surface area contributed by atoms with E-state index < -0.39 is 0 Å². The zero-order valence-electron chi connectivity index (χ0n) is 15.0. The van der Waals surface area contributed by atoms with Crippen LogP contribution in [0.1, 0.15) is 18.2 Å². The maximum atomic E-state index is 5.89. The number of hydrogen-bond acceptors (Lipinski definition) is 3. The van der Waals surface area contributed by atoms with Crippen LogP contribution in [0.4, 0.5) is 0 Å². The van der Waals surface area contributed by atoms with Crippen molar-refractivity contribution in [1.82, 2.24) is 14.5 Å². The molecule has 0 aliphatic carbocycles. The molecule has 0 bridgehead atoms. The fourth-order valence-electron chi connectivity index (χ4n) is 3.13. The Morgan fingerprint density at radius 3 is 2.69 bits per heavy atom. The molecule has 3 aromatic heterocycles. The van der Waals surface area contributed by atoms with E-state index in [-0.39, 0.29) is 0 Å². The first kappa shape index (κ1) is 16.3. The second kappa shape index (κ2) is 7.00. The summed E-state index contributed by atoms with van der Waals surface area (Å²) in [6, 6.07) is 18.4. The van der Waals surface area contributed by atoms with Gasteiger partial charge in [-0.05, 0) is 35.7 Å². The van der Waals surface area contributed by atoms with Crippen LogP contribution in [-0.4, -0.2) is 14.5 Å². The molecule has 0 unspecified atom stereocenters. The first-order valence-corrected chi connectivity index (χ1v) is 8.82. The predicted octanol–water partition coefficient (Wildman–Crippen LogP) is 4.78. The summed E-state index contributed by atoms with van der Waals surface area (Å²) in [5, 5.41) is 0. The molecule has 3 heterocycles. The molecule has 4 rings (SSSR count). The van der Waals surface area contributed by atoms with Gasteiger partial charge in [0, 0.05) is 36.8 Å². The molecule has 130 valence electrons. The van der Waals surface area contributed by atoms with Crippen LogP contribution in [0.2, 0.25) is 0 Å². The Labute approximate surface area is 153 Å². The van der Waals surface area contributed by atoms with E-state index in [1.165, 1.54) is 0 Å². The number of aromatic nitrogens is 3. The van der Waals surface area contributed by atoms with Crippen LogP contribution in [0.5, 0.6) is 5.88 Å². The topological polar surface area (TPSA) is 39.9 Å². The lowest BCUT2D eigenvalue weighted by Gasteiger charge is -2.11. The van der Waals surface area contributed by atoms with Gasteiger partial charge in [0.1, 0.15) is 6.61 Å². The Balaban J connectivity index is 1.67. The first-order valence-electron chi connectivity index (χ1n) is 8.82. The Kier molecular flexibility index (Phi) is 4.40. The molecule has 1 aromatic carbocycles. The lowest BCUT2D eigenvalue weighted by atomic mass is 10.0. The molecular weight excluding hydrogens is 322 g/mol. The van der Waals surface area contributed by atoms with Gasteiger partial charge in [0.25, 0.3) is 0 Å². The number of aryl methyl sites for hydroxylation is 2. The van der Waals surface area contributed by atoms with Gasteiger partial charge in [0.15, 0.2) is 0 Å². The molecule has 0 atom stereocenters. The van der Waals surface area contributed by atoms with Gasteiger partial charge in [0.05, 0.1) is 11.0 Å². The average Bonchev–Trinajstić information content (AvgIpc) is 3.06. The summed E-state index contributed by atoms with van der Waals surface area (Å²) in [6.07, 6.45) is 4.72. The monoisotopic (exact) mass is 343 g/mol. The Morgan fingerprint density at radius 1 is 1.04 bits per heavy atom. The second-order valence-electron chi connectivity index (χ2n) is 6.32. The summed E-state index contributed by atoms with van der Waals surface area (Å²) in [4.78, 5) is 9.19. The standard InChI is InChI=1S/C22H21N3O/c1-3-19-18(14-21-20(24-19)10-12-25(21)2)17-9-11-23-22(13-17)26-15-16-7-5-4-6-8-16/h4-14H,3,15H2,1-2H3. The van der Waals surface area contributed by atoms with Gasteiger partial charge in [-0.25, -0.2) is 4.98 Å². The third-order valence-electron chi connectivity index (χ3n) is 4.56. The molecule has 0 aliphatic rings. The zero-order chi connectivity index (χ0) is 17.9.